The highest BCUT2D eigenvalue weighted by Gasteiger charge is 2.12. The van der Waals surface area contributed by atoms with Crippen LogP contribution in [0.4, 0.5) is 0 Å². The molecule has 0 aliphatic carbocycles. The Balaban J connectivity index is 2.13. The van der Waals surface area contributed by atoms with Crippen molar-refractivity contribution in [2.75, 3.05) is 19.6 Å². The zero-order valence-corrected chi connectivity index (χ0v) is 7.49. The number of hydrogen-bond donors (Lipinski definition) is 3. The van der Waals surface area contributed by atoms with Crippen molar-refractivity contribution in [3.05, 3.63) is 0 Å². The second kappa shape index (κ2) is 5.53. The van der Waals surface area contributed by atoms with Gasteiger partial charge in [-0.05, 0) is 31.8 Å². The third-order valence-electron chi connectivity index (χ3n) is 2.20. The summed E-state index contributed by atoms with van der Waals surface area (Å²) in [5.41, 5.74) is 0. The lowest BCUT2D eigenvalue weighted by molar-refractivity contribution is -0.114. The van der Waals surface area contributed by atoms with E-state index in [0.717, 1.165) is 32.1 Å². The van der Waals surface area contributed by atoms with Crippen molar-refractivity contribution in [1.29, 1.82) is 0 Å². The molecule has 5 heteroatoms. The van der Waals surface area contributed by atoms with Crippen molar-refractivity contribution >= 4 is 12.1 Å². The molecule has 1 aliphatic rings. The van der Waals surface area contributed by atoms with E-state index in [2.05, 4.69) is 15.8 Å². The molecule has 1 heterocycles. The highest BCUT2D eigenvalue weighted by Crippen LogP contribution is 2.09. The normalized spacial score (nSPS) is 19.1. The largest absolute Gasteiger partial charge is 0.411 e. The molecule has 0 spiro atoms. The van der Waals surface area contributed by atoms with Gasteiger partial charge in [0.1, 0.15) is 6.21 Å². The summed E-state index contributed by atoms with van der Waals surface area (Å²) in [6, 6.07) is 0. The molecule has 74 valence electrons. The molecule has 5 nitrogen and oxygen atoms in total. The summed E-state index contributed by atoms with van der Waals surface area (Å²) in [7, 11) is 0. The molecular formula is C8H15N3O2. The number of carbonyl (C=O) groups excluding carboxylic acids is 1. The Morgan fingerprint density at radius 1 is 1.62 bits per heavy atom. The molecule has 0 aromatic heterocycles. The maximum Gasteiger partial charge on any atom is 0.265 e. The smallest absolute Gasteiger partial charge is 0.265 e. The number of amides is 1. The number of nitrogens with zero attached hydrogens (tertiary/aromatic N) is 1. The lowest BCUT2D eigenvalue weighted by Gasteiger charge is -2.22. The number of hydrogen-bond acceptors (Lipinski definition) is 4. The fourth-order valence-corrected chi connectivity index (χ4v) is 1.43. The minimum absolute atomic E-state index is 0.332. The summed E-state index contributed by atoms with van der Waals surface area (Å²) in [4.78, 5) is 10.8. The van der Waals surface area contributed by atoms with E-state index in [-0.39, 0.29) is 5.91 Å². The maximum atomic E-state index is 10.8. The van der Waals surface area contributed by atoms with Gasteiger partial charge in [0.05, 0.1) is 0 Å². The van der Waals surface area contributed by atoms with E-state index in [1.54, 1.807) is 0 Å². The van der Waals surface area contributed by atoms with Gasteiger partial charge in [-0.3, -0.25) is 4.79 Å². The quantitative estimate of drug-likeness (QED) is 0.317. The van der Waals surface area contributed by atoms with Crippen LogP contribution in [0.1, 0.15) is 12.8 Å². The summed E-state index contributed by atoms with van der Waals surface area (Å²) in [5, 5.41) is 16.6. The summed E-state index contributed by atoms with van der Waals surface area (Å²) < 4.78 is 0. The van der Waals surface area contributed by atoms with E-state index < -0.39 is 0 Å². The van der Waals surface area contributed by atoms with Gasteiger partial charge >= 0.3 is 0 Å². The molecule has 0 aromatic rings. The van der Waals surface area contributed by atoms with Crippen LogP contribution in [0.2, 0.25) is 0 Å². The predicted octanol–water partition coefficient (Wildman–Crippen LogP) is -0.438. The van der Waals surface area contributed by atoms with Gasteiger partial charge in [-0.1, -0.05) is 5.16 Å². The van der Waals surface area contributed by atoms with Gasteiger partial charge in [0.2, 0.25) is 0 Å². The number of piperidine rings is 1. The second-order valence-electron chi connectivity index (χ2n) is 3.18. The molecular weight excluding hydrogens is 170 g/mol. The van der Waals surface area contributed by atoms with Crippen LogP contribution < -0.4 is 10.6 Å². The van der Waals surface area contributed by atoms with E-state index in [0.29, 0.717) is 12.5 Å². The van der Waals surface area contributed by atoms with Crippen molar-refractivity contribution in [1.82, 2.24) is 10.6 Å². The Labute approximate surface area is 77.2 Å². The summed E-state index contributed by atoms with van der Waals surface area (Å²) in [6.45, 7) is 2.72. The predicted molar refractivity (Wildman–Crippen MR) is 48.9 cm³/mol. The van der Waals surface area contributed by atoms with Gasteiger partial charge in [0, 0.05) is 6.54 Å². The number of nitrogens with one attached hydrogen (secondary N) is 2. The van der Waals surface area contributed by atoms with Gasteiger partial charge in [0.25, 0.3) is 5.91 Å². The minimum Gasteiger partial charge on any atom is -0.411 e. The minimum atomic E-state index is -0.332. The molecule has 0 aromatic carbocycles. The molecule has 13 heavy (non-hydrogen) atoms. The standard InChI is InChI=1S/C8H15N3O2/c12-8(6-11-13)10-5-7-1-3-9-4-2-7/h6-7,9,13H,1-5H2,(H,10,12)/b11-6-. The fraction of sp³-hybridized carbons (Fsp3) is 0.750. The maximum absolute atomic E-state index is 10.8. The van der Waals surface area contributed by atoms with Crippen LogP contribution in [-0.2, 0) is 4.79 Å². The van der Waals surface area contributed by atoms with Gasteiger partial charge in [-0.25, -0.2) is 0 Å². The van der Waals surface area contributed by atoms with E-state index >= 15 is 0 Å². The van der Waals surface area contributed by atoms with Crippen molar-refractivity contribution in [3.63, 3.8) is 0 Å². The molecule has 0 saturated carbocycles. The highest BCUT2D eigenvalue weighted by atomic mass is 16.4. The third kappa shape index (κ3) is 3.89. The summed E-state index contributed by atoms with van der Waals surface area (Å²) in [5.74, 6) is 0.221. The molecule has 0 atom stereocenters. The molecule has 1 fully saturated rings. The van der Waals surface area contributed by atoms with Crippen LogP contribution in [0.15, 0.2) is 5.16 Å². The van der Waals surface area contributed by atoms with Gasteiger partial charge in [-0.15, -0.1) is 0 Å². The van der Waals surface area contributed by atoms with Gasteiger partial charge in [-0.2, -0.15) is 0 Å². The third-order valence-corrected chi connectivity index (χ3v) is 2.20. The first kappa shape index (κ1) is 9.98. The summed E-state index contributed by atoms with van der Waals surface area (Å²) in [6.07, 6.45) is 3.06. The van der Waals surface area contributed by atoms with Crippen LogP contribution in [0.5, 0.6) is 0 Å². The van der Waals surface area contributed by atoms with Crippen molar-refractivity contribution in [2.24, 2.45) is 11.1 Å². The number of rotatable bonds is 3. The molecule has 1 aliphatic heterocycles. The van der Waals surface area contributed by atoms with Crippen LogP contribution in [0, 0.1) is 5.92 Å². The van der Waals surface area contributed by atoms with Crippen LogP contribution in [0.3, 0.4) is 0 Å². The molecule has 1 saturated heterocycles. The Hall–Kier alpha value is -1.10. The molecule has 1 rings (SSSR count). The van der Waals surface area contributed by atoms with Crippen LogP contribution in [0.25, 0.3) is 0 Å². The second-order valence-corrected chi connectivity index (χ2v) is 3.18. The summed E-state index contributed by atoms with van der Waals surface area (Å²) >= 11 is 0. The SMILES string of the molecule is O=C(/C=N\O)NCC1CCNCC1. The molecule has 0 bridgehead atoms. The first-order valence-corrected chi connectivity index (χ1v) is 4.49. The van der Waals surface area contributed by atoms with Crippen molar-refractivity contribution in [2.45, 2.75) is 12.8 Å². The zero-order valence-electron chi connectivity index (χ0n) is 7.49. The molecule has 0 unspecified atom stereocenters. The lowest BCUT2D eigenvalue weighted by atomic mass is 9.98. The monoisotopic (exact) mass is 185 g/mol. The molecule has 3 N–H and O–H groups in total. The Morgan fingerprint density at radius 3 is 2.92 bits per heavy atom. The fourth-order valence-electron chi connectivity index (χ4n) is 1.43. The van der Waals surface area contributed by atoms with E-state index in [4.69, 9.17) is 5.21 Å². The molecule has 1 amide bonds. The first-order valence-electron chi connectivity index (χ1n) is 4.49. The Morgan fingerprint density at radius 2 is 2.31 bits per heavy atom. The molecule has 0 radical (unpaired) electrons. The topological polar surface area (TPSA) is 73.7 Å². The first-order chi connectivity index (χ1) is 6.33. The van der Waals surface area contributed by atoms with Crippen LogP contribution in [-0.4, -0.2) is 37.0 Å². The van der Waals surface area contributed by atoms with Gasteiger partial charge < -0.3 is 15.8 Å². The lowest BCUT2D eigenvalue weighted by Crippen LogP contribution is -2.36. The number of carbonyl (C=O) groups is 1. The van der Waals surface area contributed by atoms with E-state index in [1.165, 1.54) is 0 Å². The Bertz CT molecular complexity index is 188. The average molecular weight is 185 g/mol. The highest BCUT2D eigenvalue weighted by molar-refractivity contribution is 6.25. The van der Waals surface area contributed by atoms with Gasteiger partial charge in [0.15, 0.2) is 0 Å². The van der Waals surface area contributed by atoms with E-state index in [1.807, 2.05) is 0 Å². The Kier molecular flexibility index (Phi) is 4.25. The average Bonchev–Trinajstić information content (AvgIpc) is 2.17. The van der Waals surface area contributed by atoms with E-state index in [9.17, 15) is 4.79 Å². The number of oxime groups is 1. The van der Waals surface area contributed by atoms with Crippen LogP contribution >= 0.6 is 0 Å². The van der Waals surface area contributed by atoms with Crippen molar-refractivity contribution in [3.8, 4) is 0 Å². The zero-order chi connectivity index (χ0) is 9.52. The van der Waals surface area contributed by atoms with Crippen molar-refractivity contribution < 1.29 is 10.0 Å².